The van der Waals surface area contributed by atoms with Crippen molar-refractivity contribution in [3.63, 3.8) is 0 Å². The van der Waals surface area contributed by atoms with Crippen molar-refractivity contribution in [2.24, 2.45) is 0 Å². The van der Waals surface area contributed by atoms with E-state index in [1.54, 1.807) is 13.0 Å². The molecule has 1 amide bonds. The Hall–Kier alpha value is -1.60. The summed E-state index contributed by atoms with van der Waals surface area (Å²) >= 11 is 0. The largest absolute Gasteiger partial charge is 0.399 e. The van der Waals surface area contributed by atoms with Crippen LogP contribution in [0.3, 0.4) is 0 Å². The Bertz CT molecular complexity index is 555. The first-order valence-electron chi connectivity index (χ1n) is 5.71. The predicted octanol–water partition coefficient (Wildman–Crippen LogP) is 0.114. The Morgan fingerprint density at radius 2 is 2.11 bits per heavy atom. The van der Waals surface area contributed by atoms with Crippen LogP contribution in [0.25, 0.3) is 0 Å². The number of sulfone groups is 1. The number of anilines is 1. The van der Waals surface area contributed by atoms with Gasteiger partial charge in [0.05, 0.1) is 11.5 Å². The van der Waals surface area contributed by atoms with Crippen molar-refractivity contribution in [1.29, 1.82) is 0 Å². The molecule has 0 spiro atoms. The molecule has 6 nitrogen and oxygen atoms in total. The molecular formula is C12H18N2O4S. The summed E-state index contributed by atoms with van der Waals surface area (Å²) in [7, 11) is -2.15. The molecule has 1 rings (SSSR count). The molecule has 0 saturated heterocycles. The van der Waals surface area contributed by atoms with Crippen molar-refractivity contribution >= 4 is 21.4 Å². The number of rotatable bonds is 6. The second-order valence-electron chi connectivity index (χ2n) is 4.13. The Morgan fingerprint density at radius 1 is 1.42 bits per heavy atom. The molecule has 0 heterocycles. The lowest BCUT2D eigenvalue weighted by molar-refractivity contribution is -0.118. The summed E-state index contributed by atoms with van der Waals surface area (Å²) in [5.74, 6) is -1.13. The van der Waals surface area contributed by atoms with Gasteiger partial charge < -0.3 is 15.8 Å². The number of nitrogens with two attached hydrogens (primary N) is 1. The normalized spacial score (nSPS) is 11.3. The number of nitrogens with one attached hydrogen (secondary N) is 1. The van der Waals surface area contributed by atoms with Gasteiger partial charge in [0.15, 0.2) is 9.84 Å². The van der Waals surface area contributed by atoms with Crippen LogP contribution in [0.5, 0.6) is 0 Å². The number of hydrogen-bond donors (Lipinski definition) is 2. The molecule has 106 valence electrons. The lowest BCUT2D eigenvalue weighted by atomic mass is 10.2. The van der Waals surface area contributed by atoms with E-state index in [1.165, 1.54) is 19.2 Å². The van der Waals surface area contributed by atoms with Crippen molar-refractivity contribution in [2.75, 3.05) is 31.7 Å². The van der Waals surface area contributed by atoms with E-state index in [4.69, 9.17) is 10.5 Å². The number of carbonyl (C=O) groups excluding carboxylic acids is 1. The van der Waals surface area contributed by atoms with Gasteiger partial charge in [0, 0.05) is 19.3 Å². The van der Waals surface area contributed by atoms with Crippen LogP contribution in [0.15, 0.2) is 23.1 Å². The highest BCUT2D eigenvalue weighted by Gasteiger charge is 2.21. The summed E-state index contributed by atoms with van der Waals surface area (Å²) in [6.45, 7) is 2.27. The van der Waals surface area contributed by atoms with E-state index in [9.17, 15) is 13.2 Å². The topological polar surface area (TPSA) is 98.5 Å². The van der Waals surface area contributed by atoms with Crippen LogP contribution in [0.4, 0.5) is 5.69 Å². The van der Waals surface area contributed by atoms with Crippen molar-refractivity contribution in [1.82, 2.24) is 5.32 Å². The van der Waals surface area contributed by atoms with E-state index in [0.29, 0.717) is 17.9 Å². The van der Waals surface area contributed by atoms with Crippen LogP contribution in [-0.2, 0) is 19.4 Å². The first kappa shape index (κ1) is 15.5. The van der Waals surface area contributed by atoms with Crippen molar-refractivity contribution in [2.45, 2.75) is 11.8 Å². The number of methoxy groups -OCH3 is 1. The third kappa shape index (κ3) is 4.53. The molecule has 0 fully saturated rings. The average Bonchev–Trinajstić information content (AvgIpc) is 2.27. The fraction of sp³-hybridized carbons (Fsp3) is 0.417. The molecule has 0 radical (unpaired) electrons. The molecular weight excluding hydrogens is 268 g/mol. The maximum Gasteiger partial charge on any atom is 0.235 e. The van der Waals surface area contributed by atoms with Gasteiger partial charge in [0.25, 0.3) is 0 Å². The van der Waals surface area contributed by atoms with E-state index in [0.717, 1.165) is 0 Å². The number of amides is 1. The van der Waals surface area contributed by atoms with Gasteiger partial charge in [-0.3, -0.25) is 4.79 Å². The molecule has 0 atom stereocenters. The summed E-state index contributed by atoms with van der Waals surface area (Å²) in [6, 6.07) is 4.49. The van der Waals surface area contributed by atoms with E-state index in [1.807, 2.05) is 0 Å². The van der Waals surface area contributed by atoms with Crippen LogP contribution >= 0.6 is 0 Å². The highest BCUT2D eigenvalue weighted by atomic mass is 32.2. The summed E-state index contributed by atoms with van der Waals surface area (Å²) in [4.78, 5) is 11.6. The number of ether oxygens (including phenoxy) is 1. The summed E-state index contributed by atoms with van der Waals surface area (Å²) in [5, 5.41) is 2.47. The number of hydrogen-bond acceptors (Lipinski definition) is 5. The molecule has 19 heavy (non-hydrogen) atoms. The lowest BCUT2D eigenvalue weighted by Crippen LogP contribution is -2.32. The zero-order chi connectivity index (χ0) is 14.5. The molecule has 1 aromatic rings. The fourth-order valence-electron chi connectivity index (χ4n) is 1.62. The SMILES string of the molecule is COCCNC(=O)CS(=O)(=O)c1ccc(N)cc1C. The van der Waals surface area contributed by atoms with E-state index in [2.05, 4.69) is 5.32 Å². The summed E-state index contributed by atoms with van der Waals surface area (Å²) in [5.41, 5.74) is 6.58. The highest BCUT2D eigenvalue weighted by molar-refractivity contribution is 7.92. The van der Waals surface area contributed by atoms with Crippen LogP contribution in [0.2, 0.25) is 0 Å². The minimum absolute atomic E-state index is 0.128. The molecule has 7 heteroatoms. The Morgan fingerprint density at radius 3 is 2.68 bits per heavy atom. The average molecular weight is 286 g/mol. The molecule has 0 aliphatic rings. The third-order valence-electron chi connectivity index (χ3n) is 2.48. The van der Waals surface area contributed by atoms with Gasteiger partial charge in [-0.2, -0.15) is 0 Å². The van der Waals surface area contributed by atoms with Gasteiger partial charge in [0.1, 0.15) is 5.75 Å². The van der Waals surface area contributed by atoms with Gasteiger partial charge in [-0.15, -0.1) is 0 Å². The molecule has 0 saturated carbocycles. The first-order chi connectivity index (χ1) is 8.86. The van der Waals surface area contributed by atoms with Crippen LogP contribution in [0.1, 0.15) is 5.56 Å². The highest BCUT2D eigenvalue weighted by Crippen LogP contribution is 2.19. The van der Waals surface area contributed by atoms with Crippen LogP contribution in [0, 0.1) is 6.92 Å². The number of aryl methyl sites for hydroxylation is 1. The molecule has 3 N–H and O–H groups in total. The lowest BCUT2D eigenvalue weighted by Gasteiger charge is -2.09. The Labute approximate surface area is 112 Å². The maximum absolute atomic E-state index is 12.1. The number of benzene rings is 1. The molecule has 0 bridgehead atoms. The number of carbonyl (C=O) groups is 1. The van der Waals surface area contributed by atoms with E-state index < -0.39 is 21.5 Å². The Balaban J connectivity index is 2.78. The zero-order valence-corrected chi connectivity index (χ0v) is 11.8. The van der Waals surface area contributed by atoms with Gasteiger partial charge >= 0.3 is 0 Å². The summed E-state index contributed by atoms with van der Waals surface area (Å²) < 4.78 is 28.9. The third-order valence-corrected chi connectivity index (χ3v) is 4.25. The first-order valence-corrected chi connectivity index (χ1v) is 7.36. The van der Waals surface area contributed by atoms with Crippen molar-refractivity contribution in [3.8, 4) is 0 Å². The molecule has 0 aliphatic carbocycles. The predicted molar refractivity (Wildman–Crippen MR) is 72.5 cm³/mol. The van der Waals surface area contributed by atoms with Gasteiger partial charge in [-0.25, -0.2) is 8.42 Å². The monoisotopic (exact) mass is 286 g/mol. The standard InChI is InChI=1S/C12H18N2O4S/c1-9-7-10(13)3-4-11(9)19(16,17)8-12(15)14-5-6-18-2/h3-4,7H,5-6,8,13H2,1-2H3,(H,14,15). The Kier molecular flexibility index (Phi) is 5.31. The molecule has 1 aromatic carbocycles. The molecule has 0 aromatic heterocycles. The second kappa shape index (κ2) is 6.53. The maximum atomic E-state index is 12.1. The van der Waals surface area contributed by atoms with Gasteiger partial charge in [0.2, 0.25) is 5.91 Å². The molecule has 0 unspecified atom stereocenters. The van der Waals surface area contributed by atoms with E-state index >= 15 is 0 Å². The minimum atomic E-state index is -3.65. The second-order valence-corrected chi connectivity index (χ2v) is 6.08. The van der Waals surface area contributed by atoms with Crippen LogP contribution < -0.4 is 11.1 Å². The van der Waals surface area contributed by atoms with Crippen molar-refractivity contribution < 1.29 is 17.9 Å². The fourth-order valence-corrected chi connectivity index (χ4v) is 3.04. The van der Waals surface area contributed by atoms with E-state index in [-0.39, 0.29) is 11.4 Å². The zero-order valence-electron chi connectivity index (χ0n) is 11.0. The minimum Gasteiger partial charge on any atom is -0.399 e. The smallest absolute Gasteiger partial charge is 0.235 e. The quantitative estimate of drug-likeness (QED) is 0.571. The van der Waals surface area contributed by atoms with Gasteiger partial charge in [-0.1, -0.05) is 0 Å². The van der Waals surface area contributed by atoms with Crippen molar-refractivity contribution in [3.05, 3.63) is 23.8 Å². The summed E-state index contributed by atoms with van der Waals surface area (Å²) in [6.07, 6.45) is 0. The number of nitrogen functional groups attached to an aromatic ring is 1. The molecule has 0 aliphatic heterocycles. The van der Waals surface area contributed by atoms with Crippen LogP contribution in [-0.4, -0.2) is 40.3 Å². The van der Waals surface area contributed by atoms with Gasteiger partial charge in [-0.05, 0) is 30.7 Å².